The van der Waals surface area contributed by atoms with Gasteiger partial charge in [-0.2, -0.15) is 0 Å². The second-order valence-corrected chi connectivity index (χ2v) is 6.15. The Morgan fingerprint density at radius 2 is 1.60 bits per heavy atom. The predicted octanol–water partition coefficient (Wildman–Crippen LogP) is 2.72. The van der Waals surface area contributed by atoms with Crippen molar-refractivity contribution in [2.45, 2.75) is 51.8 Å². The predicted molar refractivity (Wildman–Crippen MR) is 80.6 cm³/mol. The van der Waals surface area contributed by atoms with Crippen LogP contribution in [-0.4, -0.2) is 24.9 Å². The highest BCUT2D eigenvalue weighted by Crippen LogP contribution is 2.39. The molecule has 2 rings (SSSR count). The van der Waals surface area contributed by atoms with Crippen molar-refractivity contribution in [3.8, 4) is 5.75 Å². The smallest absolute Gasteiger partial charge is 0.480 e. The van der Waals surface area contributed by atoms with Gasteiger partial charge in [0.2, 0.25) is 0 Å². The molecule has 1 aliphatic heterocycles. The van der Waals surface area contributed by atoms with Gasteiger partial charge in [-0.05, 0) is 52.3 Å². The Kier molecular flexibility index (Phi) is 4.14. The van der Waals surface area contributed by atoms with E-state index < -0.39 is 7.12 Å². The van der Waals surface area contributed by atoms with Gasteiger partial charge in [-0.15, -0.1) is 0 Å². The van der Waals surface area contributed by atoms with Crippen LogP contribution in [0.15, 0.2) is 24.3 Å². The molecule has 1 fully saturated rings. The maximum absolute atomic E-state index is 6.28. The highest BCUT2D eigenvalue weighted by molar-refractivity contribution is 6.47. The van der Waals surface area contributed by atoms with E-state index in [1.165, 1.54) is 0 Å². The lowest BCUT2D eigenvalue weighted by atomic mass is 9.75. The molecule has 0 bridgehead atoms. The molecule has 0 spiro atoms. The van der Waals surface area contributed by atoms with Crippen molar-refractivity contribution < 1.29 is 14.0 Å². The Morgan fingerprint density at radius 3 is 2.05 bits per heavy atom. The zero-order valence-corrected chi connectivity index (χ0v) is 13.0. The van der Waals surface area contributed by atoms with Gasteiger partial charge in [-0.3, -0.25) is 0 Å². The highest BCUT2D eigenvalue weighted by Gasteiger charge is 2.53. The van der Waals surface area contributed by atoms with Crippen LogP contribution in [0.25, 0.3) is 0 Å². The molecule has 0 aromatic heterocycles. The molecule has 0 unspecified atom stereocenters. The summed E-state index contributed by atoms with van der Waals surface area (Å²) >= 11 is 0. The molecule has 110 valence electrons. The molecular formula is C15H24BNO3. The molecule has 0 aliphatic carbocycles. The monoisotopic (exact) mass is 277 g/mol. The molecule has 1 atom stereocenters. The number of hydrogen-bond acceptors (Lipinski definition) is 4. The van der Waals surface area contributed by atoms with Crippen molar-refractivity contribution in [3.63, 3.8) is 0 Å². The molecule has 20 heavy (non-hydrogen) atoms. The second kappa shape index (κ2) is 5.39. The fourth-order valence-electron chi connectivity index (χ4n) is 2.15. The third-order valence-corrected chi connectivity index (χ3v) is 4.14. The third-order valence-electron chi connectivity index (χ3n) is 4.14. The summed E-state index contributed by atoms with van der Waals surface area (Å²) < 4.78 is 17.4. The number of rotatable bonds is 4. The van der Waals surface area contributed by atoms with E-state index in [1.54, 1.807) is 0 Å². The first-order chi connectivity index (χ1) is 9.27. The van der Waals surface area contributed by atoms with Gasteiger partial charge in [0.25, 0.3) is 0 Å². The Bertz CT molecular complexity index is 443. The number of benzene rings is 1. The van der Waals surface area contributed by atoms with Crippen LogP contribution in [-0.2, 0) is 9.31 Å². The quantitative estimate of drug-likeness (QED) is 0.860. The minimum absolute atomic E-state index is 0.313. The van der Waals surface area contributed by atoms with Gasteiger partial charge in [0.15, 0.2) is 0 Å². The SMILES string of the molecule is CCOc1ccc([C@@H](N)B2OC(C)(C)C(C)(C)O2)cc1. The van der Waals surface area contributed by atoms with E-state index in [9.17, 15) is 0 Å². The molecule has 0 amide bonds. The number of hydrogen-bond donors (Lipinski definition) is 1. The third kappa shape index (κ3) is 2.85. The number of ether oxygens (including phenoxy) is 1. The van der Waals surface area contributed by atoms with Gasteiger partial charge >= 0.3 is 7.12 Å². The number of nitrogens with two attached hydrogens (primary N) is 1. The molecule has 1 aromatic carbocycles. The first kappa shape index (κ1) is 15.4. The minimum atomic E-state index is -0.432. The molecule has 1 saturated heterocycles. The lowest BCUT2D eigenvalue weighted by Gasteiger charge is -2.32. The van der Waals surface area contributed by atoms with Crippen LogP contribution < -0.4 is 10.5 Å². The summed E-state index contributed by atoms with van der Waals surface area (Å²) in [6.45, 7) is 10.7. The maximum Gasteiger partial charge on any atom is 0.480 e. The van der Waals surface area contributed by atoms with Gasteiger partial charge in [0, 0.05) is 0 Å². The van der Waals surface area contributed by atoms with Crippen LogP contribution >= 0.6 is 0 Å². The summed E-state index contributed by atoms with van der Waals surface area (Å²) in [6.07, 6.45) is 0. The molecule has 1 heterocycles. The van der Waals surface area contributed by atoms with Crippen LogP contribution in [0.3, 0.4) is 0 Å². The van der Waals surface area contributed by atoms with Gasteiger partial charge < -0.3 is 19.8 Å². The van der Waals surface area contributed by atoms with E-state index in [-0.39, 0.29) is 17.1 Å². The van der Waals surface area contributed by atoms with Gasteiger partial charge in [0.05, 0.1) is 23.8 Å². The first-order valence-electron chi connectivity index (χ1n) is 7.11. The van der Waals surface area contributed by atoms with Crippen LogP contribution in [0.2, 0.25) is 0 Å². The van der Waals surface area contributed by atoms with Crippen molar-refractivity contribution in [2.24, 2.45) is 5.73 Å². The van der Waals surface area contributed by atoms with E-state index in [1.807, 2.05) is 58.9 Å². The second-order valence-electron chi connectivity index (χ2n) is 6.15. The molecule has 4 nitrogen and oxygen atoms in total. The summed E-state index contributed by atoms with van der Waals surface area (Å²) in [4.78, 5) is 0. The normalized spacial score (nSPS) is 21.8. The Balaban J connectivity index is 2.10. The maximum atomic E-state index is 6.28. The molecule has 1 aromatic rings. The van der Waals surface area contributed by atoms with E-state index >= 15 is 0 Å². The zero-order valence-electron chi connectivity index (χ0n) is 13.0. The van der Waals surface area contributed by atoms with Crippen molar-refractivity contribution in [1.82, 2.24) is 0 Å². The largest absolute Gasteiger partial charge is 0.494 e. The molecule has 1 aliphatic rings. The topological polar surface area (TPSA) is 53.7 Å². The van der Waals surface area contributed by atoms with Crippen LogP contribution in [0.1, 0.15) is 46.1 Å². The minimum Gasteiger partial charge on any atom is -0.494 e. The Labute approximate surface area is 121 Å². The zero-order chi connectivity index (χ0) is 15.0. The Hall–Kier alpha value is -1.04. The average molecular weight is 277 g/mol. The van der Waals surface area contributed by atoms with Crippen molar-refractivity contribution in [3.05, 3.63) is 29.8 Å². The fraction of sp³-hybridized carbons (Fsp3) is 0.600. The molecule has 2 N–H and O–H groups in total. The standard InChI is InChI=1S/C15H24BNO3/c1-6-18-12-9-7-11(8-10-12)13(17)16-19-14(2,3)15(4,5)20-16/h7-10,13H,6,17H2,1-5H3/t13-/m1/s1. The lowest BCUT2D eigenvalue weighted by molar-refractivity contribution is 0.00578. The Morgan fingerprint density at radius 1 is 1.10 bits per heavy atom. The lowest BCUT2D eigenvalue weighted by Crippen LogP contribution is -2.41. The van der Waals surface area contributed by atoms with Gasteiger partial charge in [-0.1, -0.05) is 12.1 Å². The summed E-state index contributed by atoms with van der Waals surface area (Å²) in [5, 5.41) is 0. The highest BCUT2D eigenvalue weighted by atomic mass is 16.7. The van der Waals surface area contributed by atoms with E-state index in [4.69, 9.17) is 19.8 Å². The summed E-state index contributed by atoms with van der Waals surface area (Å²) in [7, 11) is -0.432. The summed E-state index contributed by atoms with van der Waals surface area (Å²) in [5.41, 5.74) is 6.53. The first-order valence-corrected chi connectivity index (χ1v) is 7.11. The average Bonchev–Trinajstić information content (AvgIpc) is 2.59. The molecule has 5 heteroatoms. The molecule has 0 radical (unpaired) electrons. The van der Waals surface area contributed by atoms with Gasteiger partial charge in [-0.25, -0.2) is 0 Å². The van der Waals surface area contributed by atoms with Crippen molar-refractivity contribution in [1.29, 1.82) is 0 Å². The van der Waals surface area contributed by atoms with Crippen molar-refractivity contribution in [2.75, 3.05) is 6.61 Å². The van der Waals surface area contributed by atoms with Crippen molar-refractivity contribution >= 4 is 7.12 Å². The van der Waals surface area contributed by atoms with Crippen LogP contribution in [0.4, 0.5) is 0 Å². The van der Waals surface area contributed by atoms with Gasteiger partial charge in [0.1, 0.15) is 5.75 Å². The molecular weight excluding hydrogens is 253 g/mol. The van der Waals surface area contributed by atoms with E-state index in [2.05, 4.69) is 0 Å². The summed E-state index contributed by atoms with van der Waals surface area (Å²) in [5.74, 6) is 0.532. The summed E-state index contributed by atoms with van der Waals surface area (Å²) in [6, 6.07) is 7.76. The molecule has 0 saturated carbocycles. The van der Waals surface area contributed by atoms with E-state index in [0.717, 1.165) is 11.3 Å². The van der Waals surface area contributed by atoms with E-state index in [0.29, 0.717) is 6.61 Å². The fourth-order valence-corrected chi connectivity index (χ4v) is 2.15. The van der Waals surface area contributed by atoms with Crippen LogP contribution in [0, 0.1) is 0 Å². The van der Waals surface area contributed by atoms with Crippen LogP contribution in [0.5, 0.6) is 5.75 Å².